The molecule has 0 aromatic carbocycles. The summed E-state index contributed by atoms with van der Waals surface area (Å²) < 4.78 is 4.76. The predicted octanol–water partition coefficient (Wildman–Crippen LogP) is 0.491. The third-order valence-electron chi connectivity index (χ3n) is 4.13. The van der Waals surface area contributed by atoms with Gasteiger partial charge in [-0.25, -0.2) is 4.79 Å². The standard InChI is InChI=1S/C17H31N3O4/c1-12(2)9-14(17(23)24-5)18-16(22)13-10-15(21)20(11-13)8-6-7-19(3)4/h12-14H,6-11H2,1-5H3,(H,18,22). The number of amides is 2. The Kier molecular flexibility index (Phi) is 8.18. The second-order valence-electron chi connectivity index (χ2n) is 7.11. The summed E-state index contributed by atoms with van der Waals surface area (Å²) in [6, 6.07) is -0.652. The molecule has 1 aliphatic rings. The summed E-state index contributed by atoms with van der Waals surface area (Å²) in [7, 11) is 5.29. The number of nitrogens with one attached hydrogen (secondary N) is 1. The Morgan fingerprint density at radius 3 is 2.58 bits per heavy atom. The van der Waals surface area contributed by atoms with Crippen LogP contribution in [0.25, 0.3) is 0 Å². The molecule has 0 aromatic rings. The Hall–Kier alpha value is -1.63. The van der Waals surface area contributed by atoms with E-state index in [9.17, 15) is 14.4 Å². The Balaban J connectivity index is 2.55. The highest BCUT2D eigenvalue weighted by molar-refractivity contribution is 5.91. The minimum Gasteiger partial charge on any atom is -0.467 e. The number of hydrogen-bond donors (Lipinski definition) is 1. The summed E-state index contributed by atoms with van der Waals surface area (Å²) in [5.41, 5.74) is 0. The van der Waals surface area contributed by atoms with Crippen LogP contribution in [0.1, 0.15) is 33.1 Å². The Morgan fingerprint density at radius 2 is 2.04 bits per heavy atom. The lowest BCUT2D eigenvalue weighted by Crippen LogP contribution is -2.45. The number of carbonyl (C=O) groups is 3. The van der Waals surface area contributed by atoms with Crippen molar-refractivity contribution in [1.29, 1.82) is 0 Å². The molecular formula is C17H31N3O4. The van der Waals surface area contributed by atoms with Crippen LogP contribution < -0.4 is 5.32 Å². The smallest absolute Gasteiger partial charge is 0.328 e. The van der Waals surface area contributed by atoms with Gasteiger partial charge in [-0.15, -0.1) is 0 Å². The number of ether oxygens (including phenoxy) is 1. The van der Waals surface area contributed by atoms with E-state index in [0.717, 1.165) is 13.0 Å². The number of likely N-dealkylation sites (tertiary alicyclic amines) is 1. The van der Waals surface area contributed by atoms with E-state index >= 15 is 0 Å². The van der Waals surface area contributed by atoms with E-state index in [2.05, 4.69) is 10.2 Å². The number of hydrogen-bond acceptors (Lipinski definition) is 5. The highest BCUT2D eigenvalue weighted by Crippen LogP contribution is 2.19. The fraction of sp³-hybridized carbons (Fsp3) is 0.824. The maximum absolute atomic E-state index is 12.4. The molecule has 1 rings (SSSR count). The van der Waals surface area contributed by atoms with E-state index in [0.29, 0.717) is 19.5 Å². The number of rotatable bonds is 9. The minimum atomic E-state index is -0.652. The van der Waals surface area contributed by atoms with Crippen LogP contribution in [0, 0.1) is 11.8 Å². The highest BCUT2D eigenvalue weighted by Gasteiger charge is 2.35. The molecule has 0 aromatic heterocycles. The van der Waals surface area contributed by atoms with E-state index in [1.54, 1.807) is 4.90 Å². The molecule has 138 valence electrons. The van der Waals surface area contributed by atoms with Crippen molar-refractivity contribution in [3.63, 3.8) is 0 Å². The van der Waals surface area contributed by atoms with Gasteiger partial charge in [0.15, 0.2) is 0 Å². The average molecular weight is 341 g/mol. The van der Waals surface area contributed by atoms with Crippen LogP contribution in [0.2, 0.25) is 0 Å². The van der Waals surface area contributed by atoms with E-state index in [-0.39, 0.29) is 24.2 Å². The zero-order chi connectivity index (χ0) is 18.3. The number of esters is 1. The van der Waals surface area contributed by atoms with Gasteiger partial charge in [-0.05, 0) is 39.4 Å². The van der Waals surface area contributed by atoms with Gasteiger partial charge in [-0.3, -0.25) is 9.59 Å². The molecular weight excluding hydrogens is 310 g/mol. The number of nitrogens with zero attached hydrogens (tertiary/aromatic N) is 2. The zero-order valence-electron chi connectivity index (χ0n) is 15.5. The van der Waals surface area contributed by atoms with Gasteiger partial charge >= 0.3 is 5.97 Å². The first-order valence-corrected chi connectivity index (χ1v) is 8.55. The van der Waals surface area contributed by atoms with Crippen LogP contribution in [0.5, 0.6) is 0 Å². The molecule has 1 aliphatic heterocycles. The first kappa shape index (κ1) is 20.4. The average Bonchev–Trinajstić information content (AvgIpc) is 2.86. The second kappa shape index (κ2) is 9.61. The van der Waals surface area contributed by atoms with Crippen LogP contribution in [0.4, 0.5) is 0 Å². The molecule has 2 amide bonds. The normalized spacial score (nSPS) is 19.0. The zero-order valence-corrected chi connectivity index (χ0v) is 15.5. The van der Waals surface area contributed by atoms with Crippen LogP contribution in [-0.2, 0) is 19.1 Å². The highest BCUT2D eigenvalue weighted by atomic mass is 16.5. The molecule has 1 N–H and O–H groups in total. The van der Waals surface area contributed by atoms with Crippen molar-refractivity contribution in [1.82, 2.24) is 15.1 Å². The fourth-order valence-electron chi connectivity index (χ4n) is 2.86. The number of carbonyl (C=O) groups excluding carboxylic acids is 3. The molecule has 0 aliphatic carbocycles. The monoisotopic (exact) mass is 341 g/mol. The lowest BCUT2D eigenvalue weighted by molar-refractivity contribution is -0.146. The summed E-state index contributed by atoms with van der Waals surface area (Å²) in [5, 5.41) is 2.76. The molecule has 1 fully saturated rings. The predicted molar refractivity (Wildman–Crippen MR) is 91.3 cm³/mol. The quantitative estimate of drug-likeness (QED) is 0.618. The minimum absolute atomic E-state index is 0.00684. The summed E-state index contributed by atoms with van der Waals surface area (Å²) in [6.45, 7) is 5.95. The summed E-state index contributed by atoms with van der Waals surface area (Å²) in [4.78, 5) is 40.1. The molecule has 0 bridgehead atoms. The summed E-state index contributed by atoms with van der Waals surface area (Å²) in [5.74, 6) is -0.815. The number of methoxy groups -OCH3 is 1. The van der Waals surface area contributed by atoms with Gasteiger partial charge in [0.25, 0.3) is 0 Å². The molecule has 24 heavy (non-hydrogen) atoms. The van der Waals surface area contributed by atoms with Crippen LogP contribution in [0.3, 0.4) is 0 Å². The van der Waals surface area contributed by atoms with Gasteiger partial charge in [0.2, 0.25) is 11.8 Å². The topological polar surface area (TPSA) is 78.9 Å². The Morgan fingerprint density at radius 1 is 1.38 bits per heavy atom. The third kappa shape index (κ3) is 6.47. The molecule has 2 atom stereocenters. The van der Waals surface area contributed by atoms with Crippen molar-refractivity contribution in [3.05, 3.63) is 0 Å². The molecule has 1 heterocycles. The maximum Gasteiger partial charge on any atom is 0.328 e. The Labute approximate surface area is 144 Å². The van der Waals surface area contributed by atoms with Gasteiger partial charge in [-0.2, -0.15) is 0 Å². The molecule has 7 heteroatoms. The van der Waals surface area contributed by atoms with E-state index in [1.165, 1.54) is 7.11 Å². The second-order valence-corrected chi connectivity index (χ2v) is 7.11. The summed E-state index contributed by atoms with van der Waals surface area (Å²) >= 11 is 0. The Bertz CT molecular complexity index is 451. The fourth-order valence-corrected chi connectivity index (χ4v) is 2.86. The molecule has 7 nitrogen and oxygen atoms in total. The largest absolute Gasteiger partial charge is 0.467 e. The molecule has 1 saturated heterocycles. The van der Waals surface area contributed by atoms with Crippen LogP contribution in [-0.4, -0.2) is 74.5 Å². The van der Waals surface area contributed by atoms with Gasteiger partial charge in [0, 0.05) is 19.5 Å². The van der Waals surface area contributed by atoms with E-state index < -0.39 is 17.9 Å². The van der Waals surface area contributed by atoms with Gasteiger partial charge < -0.3 is 19.9 Å². The third-order valence-corrected chi connectivity index (χ3v) is 4.13. The lowest BCUT2D eigenvalue weighted by atomic mass is 10.0. The van der Waals surface area contributed by atoms with Crippen LogP contribution in [0.15, 0.2) is 0 Å². The van der Waals surface area contributed by atoms with Crippen molar-refractivity contribution in [2.24, 2.45) is 11.8 Å². The van der Waals surface area contributed by atoms with Crippen molar-refractivity contribution in [2.45, 2.75) is 39.2 Å². The molecule has 2 unspecified atom stereocenters. The van der Waals surface area contributed by atoms with Crippen molar-refractivity contribution in [3.8, 4) is 0 Å². The summed E-state index contributed by atoms with van der Waals surface area (Å²) in [6.07, 6.45) is 1.61. The first-order chi connectivity index (χ1) is 11.2. The first-order valence-electron chi connectivity index (χ1n) is 8.55. The van der Waals surface area contributed by atoms with E-state index in [1.807, 2.05) is 27.9 Å². The van der Waals surface area contributed by atoms with Gasteiger partial charge in [0.05, 0.1) is 13.0 Å². The van der Waals surface area contributed by atoms with Crippen LogP contribution >= 0.6 is 0 Å². The lowest BCUT2D eigenvalue weighted by Gasteiger charge is -2.21. The molecule has 0 radical (unpaired) electrons. The van der Waals surface area contributed by atoms with Crippen molar-refractivity contribution >= 4 is 17.8 Å². The molecule has 0 spiro atoms. The van der Waals surface area contributed by atoms with Crippen molar-refractivity contribution in [2.75, 3.05) is 40.8 Å². The molecule has 0 saturated carbocycles. The van der Waals surface area contributed by atoms with E-state index in [4.69, 9.17) is 4.74 Å². The van der Waals surface area contributed by atoms with Gasteiger partial charge in [-0.1, -0.05) is 13.8 Å². The SMILES string of the molecule is COC(=O)C(CC(C)C)NC(=O)C1CC(=O)N(CCCN(C)C)C1. The maximum atomic E-state index is 12.4. The van der Waals surface area contributed by atoms with Gasteiger partial charge in [0.1, 0.15) is 6.04 Å². The van der Waals surface area contributed by atoms with Crippen molar-refractivity contribution < 1.29 is 19.1 Å².